The molecule has 1 unspecified atom stereocenters. The largest absolute Gasteiger partial charge is 0.490 e. The number of thiophene rings is 1. The number of aliphatic carboxylic acids is 2. The van der Waals surface area contributed by atoms with Crippen LogP contribution in [0.4, 0.5) is 26.3 Å². The molecule has 0 saturated carbocycles. The number of carboxylic acids is 2. The number of aromatic nitrogens is 2. The zero-order valence-electron chi connectivity index (χ0n) is 18.1. The molecule has 0 aliphatic carbocycles. The van der Waals surface area contributed by atoms with E-state index in [2.05, 4.69) is 26.3 Å². The van der Waals surface area contributed by atoms with Crippen LogP contribution in [0, 0.1) is 0 Å². The zero-order chi connectivity index (χ0) is 27.1. The lowest BCUT2D eigenvalue weighted by Gasteiger charge is -2.06. The number of amides is 1. The number of nitrogens with one attached hydrogen (secondary N) is 2. The summed E-state index contributed by atoms with van der Waals surface area (Å²) in [6.07, 6.45) is -5.75. The Balaban J connectivity index is 0.000000271. The maximum atomic E-state index is 12.3. The summed E-state index contributed by atoms with van der Waals surface area (Å²) in [5.41, 5.74) is 0.935. The van der Waals surface area contributed by atoms with Crippen molar-refractivity contribution in [2.75, 3.05) is 12.3 Å². The summed E-state index contributed by atoms with van der Waals surface area (Å²) in [6.45, 7) is 2.59. The molecule has 1 amide bonds. The van der Waals surface area contributed by atoms with E-state index in [4.69, 9.17) is 19.8 Å². The van der Waals surface area contributed by atoms with Crippen LogP contribution in [0.15, 0.2) is 23.5 Å². The van der Waals surface area contributed by atoms with Gasteiger partial charge in [-0.2, -0.15) is 26.3 Å². The monoisotopic (exact) mass is 562 g/mol. The minimum Gasteiger partial charge on any atom is -0.475 e. The third-order valence-corrected chi connectivity index (χ3v) is 6.69. The van der Waals surface area contributed by atoms with Crippen LogP contribution in [-0.4, -0.2) is 62.3 Å². The molecule has 2 aromatic heterocycles. The Morgan fingerprint density at radius 3 is 2.22 bits per heavy atom. The Bertz CT molecular complexity index is 1020. The highest BCUT2D eigenvalue weighted by molar-refractivity contribution is 7.99. The van der Waals surface area contributed by atoms with E-state index in [0.29, 0.717) is 12.6 Å². The molecule has 0 aromatic carbocycles. The molecule has 2 aliphatic heterocycles. The van der Waals surface area contributed by atoms with E-state index in [1.807, 2.05) is 12.3 Å². The third-order valence-electron chi connectivity index (χ3n) is 4.52. The van der Waals surface area contributed by atoms with Crippen LogP contribution in [0.1, 0.15) is 39.1 Å². The van der Waals surface area contributed by atoms with E-state index in [0.717, 1.165) is 34.6 Å². The number of aryl methyl sites for hydroxylation is 1. The summed E-state index contributed by atoms with van der Waals surface area (Å²) in [5, 5.41) is 21.8. The van der Waals surface area contributed by atoms with E-state index in [-0.39, 0.29) is 5.91 Å². The summed E-state index contributed by atoms with van der Waals surface area (Å²) < 4.78 is 65.6. The van der Waals surface area contributed by atoms with E-state index < -0.39 is 24.3 Å². The number of alkyl halides is 6. The number of carbonyl (C=O) groups excluding carboxylic acids is 1. The van der Waals surface area contributed by atoms with Crippen LogP contribution in [0.2, 0.25) is 0 Å². The molecular weight excluding hydrogens is 542 g/mol. The van der Waals surface area contributed by atoms with Gasteiger partial charge in [0.2, 0.25) is 0 Å². The van der Waals surface area contributed by atoms with Gasteiger partial charge >= 0.3 is 24.3 Å². The van der Waals surface area contributed by atoms with Crippen molar-refractivity contribution in [2.24, 2.45) is 0 Å². The number of rotatable bonds is 4. The van der Waals surface area contributed by atoms with Gasteiger partial charge in [-0.25, -0.2) is 14.6 Å². The Morgan fingerprint density at radius 2 is 1.72 bits per heavy atom. The van der Waals surface area contributed by atoms with Crippen LogP contribution < -0.4 is 10.6 Å². The molecule has 0 bridgehead atoms. The minimum absolute atomic E-state index is 0.00457. The summed E-state index contributed by atoms with van der Waals surface area (Å²) >= 11 is 3.36. The number of thioether (sulfide) groups is 1. The van der Waals surface area contributed by atoms with Gasteiger partial charge in [0.25, 0.3) is 5.91 Å². The first-order chi connectivity index (χ1) is 16.7. The van der Waals surface area contributed by atoms with Gasteiger partial charge in [-0.15, -0.1) is 11.3 Å². The molecule has 2 aromatic rings. The molecular formula is C19H20F6N4O5S2. The molecule has 9 nitrogen and oxygen atoms in total. The number of imidazole rings is 1. The summed E-state index contributed by atoms with van der Waals surface area (Å²) in [7, 11) is 0. The van der Waals surface area contributed by atoms with Crippen molar-refractivity contribution < 1.29 is 50.9 Å². The maximum absolute atomic E-state index is 12.3. The fourth-order valence-corrected chi connectivity index (χ4v) is 4.89. The molecule has 1 atom stereocenters. The lowest BCUT2D eigenvalue weighted by Crippen LogP contribution is -2.22. The molecule has 2 aliphatic rings. The number of carbonyl (C=O) groups is 3. The molecule has 17 heteroatoms. The number of fused-ring (bicyclic) bond motifs is 1. The SMILES string of the molecule is O=C(NCc1cn2c(n1)SCC2)c1ccc(C2CCCN2)s1.O=C(O)C(F)(F)F.O=C(O)C(F)(F)F. The zero-order valence-corrected chi connectivity index (χ0v) is 19.8. The van der Waals surface area contributed by atoms with Gasteiger partial charge in [-0.1, -0.05) is 11.8 Å². The Hall–Kier alpha value is -2.79. The number of halogens is 6. The first-order valence-electron chi connectivity index (χ1n) is 10.1. The predicted molar refractivity (Wildman–Crippen MR) is 116 cm³/mol. The van der Waals surface area contributed by atoms with Crippen LogP contribution in [-0.2, 0) is 22.7 Å². The standard InChI is InChI=1S/C15H18N4OS2.2C2HF3O2/c20-14(13-4-3-12(22-13)11-2-1-5-16-11)17-8-10-9-19-6-7-21-15(19)18-10;2*3-2(4,5)1(6)7/h3-4,9,11,16H,1-2,5-8H2,(H,17,20);2*(H,6,7). The summed E-state index contributed by atoms with van der Waals surface area (Å²) in [5.74, 6) is -4.42. The average Bonchev–Trinajstić information content (AvgIpc) is 3.56. The highest BCUT2D eigenvalue weighted by Crippen LogP contribution is 2.29. The minimum atomic E-state index is -5.08. The van der Waals surface area contributed by atoms with Crippen molar-refractivity contribution in [3.63, 3.8) is 0 Å². The molecule has 200 valence electrons. The molecule has 0 radical (unpaired) electrons. The Kier molecular flexibility index (Phi) is 10.2. The normalized spacial score (nSPS) is 16.8. The second-order valence-electron chi connectivity index (χ2n) is 7.20. The predicted octanol–water partition coefficient (Wildman–Crippen LogP) is 3.67. The number of hydrogen-bond donors (Lipinski definition) is 4. The highest BCUT2D eigenvalue weighted by Gasteiger charge is 2.38. The molecule has 4 N–H and O–H groups in total. The molecule has 1 saturated heterocycles. The lowest BCUT2D eigenvalue weighted by molar-refractivity contribution is -0.193. The van der Waals surface area contributed by atoms with Gasteiger partial charge in [0, 0.05) is 29.4 Å². The first kappa shape index (κ1) is 29.4. The van der Waals surface area contributed by atoms with Crippen LogP contribution in [0.5, 0.6) is 0 Å². The summed E-state index contributed by atoms with van der Waals surface area (Å²) in [6, 6.07) is 4.43. The number of nitrogens with zero attached hydrogens (tertiary/aromatic N) is 2. The fraction of sp³-hybridized carbons (Fsp3) is 0.474. The lowest BCUT2D eigenvalue weighted by atomic mass is 10.2. The van der Waals surface area contributed by atoms with Crippen LogP contribution in [0.3, 0.4) is 0 Å². The summed E-state index contributed by atoms with van der Waals surface area (Å²) in [4.78, 5) is 36.6. The smallest absolute Gasteiger partial charge is 0.475 e. The van der Waals surface area contributed by atoms with Gasteiger partial charge in [-0.3, -0.25) is 4.79 Å². The van der Waals surface area contributed by atoms with E-state index in [1.165, 1.54) is 17.7 Å². The highest BCUT2D eigenvalue weighted by atomic mass is 32.2. The second kappa shape index (κ2) is 12.4. The fourth-order valence-electron chi connectivity index (χ4n) is 2.89. The van der Waals surface area contributed by atoms with Crippen molar-refractivity contribution in [1.29, 1.82) is 0 Å². The van der Waals surface area contributed by atoms with Gasteiger partial charge in [0.15, 0.2) is 5.16 Å². The van der Waals surface area contributed by atoms with Crippen molar-refractivity contribution in [1.82, 2.24) is 20.2 Å². The van der Waals surface area contributed by atoms with E-state index in [1.54, 1.807) is 23.1 Å². The van der Waals surface area contributed by atoms with Gasteiger partial charge in [0.05, 0.1) is 17.1 Å². The molecule has 4 heterocycles. The number of carboxylic acid groups (broad SMARTS) is 2. The van der Waals surface area contributed by atoms with Crippen molar-refractivity contribution in [2.45, 2.75) is 49.5 Å². The first-order valence-corrected chi connectivity index (χ1v) is 11.9. The van der Waals surface area contributed by atoms with E-state index >= 15 is 0 Å². The van der Waals surface area contributed by atoms with Crippen molar-refractivity contribution in [3.8, 4) is 0 Å². The molecule has 36 heavy (non-hydrogen) atoms. The third kappa shape index (κ3) is 9.02. The van der Waals surface area contributed by atoms with Crippen molar-refractivity contribution >= 4 is 40.9 Å². The van der Waals surface area contributed by atoms with Crippen LogP contribution in [0.25, 0.3) is 0 Å². The van der Waals surface area contributed by atoms with Gasteiger partial charge in [-0.05, 0) is 31.5 Å². The molecule has 0 spiro atoms. The second-order valence-corrected chi connectivity index (χ2v) is 9.37. The van der Waals surface area contributed by atoms with Gasteiger partial charge in [0.1, 0.15) is 0 Å². The quantitative estimate of drug-likeness (QED) is 0.415. The molecule has 4 rings (SSSR count). The Labute approximate surface area is 207 Å². The Morgan fingerprint density at radius 1 is 1.11 bits per heavy atom. The van der Waals surface area contributed by atoms with Gasteiger partial charge < -0.3 is 25.4 Å². The van der Waals surface area contributed by atoms with Crippen molar-refractivity contribution in [3.05, 3.63) is 33.8 Å². The maximum Gasteiger partial charge on any atom is 0.490 e. The number of hydrogen-bond acceptors (Lipinski definition) is 7. The average molecular weight is 563 g/mol. The van der Waals surface area contributed by atoms with Crippen LogP contribution >= 0.6 is 23.1 Å². The molecule has 1 fully saturated rings. The van der Waals surface area contributed by atoms with E-state index in [9.17, 15) is 31.1 Å². The topological polar surface area (TPSA) is 134 Å².